The number of aldehydes is 1. The molecule has 1 aromatic heterocycles. The molecule has 6 heteroatoms. The van der Waals surface area contributed by atoms with Crippen molar-refractivity contribution in [2.24, 2.45) is 11.8 Å². The molecule has 1 rings (SSSR count). The minimum Gasteiger partial charge on any atom is -0.352 e. The van der Waals surface area contributed by atoms with E-state index in [2.05, 4.69) is 24.5 Å². The number of amides is 2. The standard InChI is InChI=1S/C18H28N2O3S/c1-6-13(9-11(2)3)19-18(23)16(12(4)5)20-17(22)15-8-7-14(10-21)24-15/h7-8,10-13,16H,6,9H2,1-5H3,(H,19,23)(H,20,22)/t13-,16+/m1/s1. The molecule has 0 saturated carbocycles. The summed E-state index contributed by atoms with van der Waals surface area (Å²) in [4.78, 5) is 36.6. The average molecular weight is 353 g/mol. The molecule has 0 aliphatic heterocycles. The van der Waals surface area contributed by atoms with E-state index in [4.69, 9.17) is 0 Å². The molecule has 1 aromatic rings. The first-order valence-electron chi connectivity index (χ1n) is 8.44. The minimum absolute atomic E-state index is 0.0315. The first-order valence-corrected chi connectivity index (χ1v) is 9.26. The van der Waals surface area contributed by atoms with Gasteiger partial charge in [-0.1, -0.05) is 34.6 Å². The lowest BCUT2D eigenvalue weighted by Crippen LogP contribution is -2.52. The van der Waals surface area contributed by atoms with Gasteiger partial charge in [0, 0.05) is 6.04 Å². The van der Waals surface area contributed by atoms with E-state index in [1.807, 2.05) is 20.8 Å². The molecule has 0 aliphatic carbocycles. The molecule has 0 bridgehead atoms. The molecule has 1 heterocycles. The highest BCUT2D eigenvalue weighted by Crippen LogP contribution is 2.15. The van der Waals surface area contributed by atoms with Crippen molar-refractivity contribution in [1.29, 1.82) is 0 Å². The number of hydrogen-bond acceptors (Lipinski definition) is 4. The summed E-state index contributed by atoms with van der Waals surface area (Å²) in [5, 5.41) is 5.84. The Hall–Kier alpha value is -1.69. The maximum absolute atomic E-state index is 12.6. The molecule has 5 nitrogen and oxygen atoms in total. The lowest BCUT2D eigenvalue weighted by molar-refractivity contribution is -0.124. The average Bonchev–Trinajstić information content (AvgIpc) is 2.99. The number of nitrogens with one attached hydrogen (secondary N) is 2. The van der Waals surface area contributed by atoms with E-state index >= 15 is 0 Å². The van der Waals surface area contributed by atoms with E-state index in [0.717, 1.165) is 24.2 Å². The van der Waals surface area contributed by atoms with Gasteiger partial charge in [-0.15, -0.1) is 11.3 Å². The first kappa shape index (κ1) is 20.4. The molecular weight excluding hydrogens is 324 g/mol. The van der Waals surface area contributed by atoms with Crippen LogP contribution in [0.15, 0.2) is 12.1 Å². The number of rotatable bonds is 9. The molecule has 2 N–H and O–H groups in total. The van der Waals surface area contributed by atoms with Gasteiger partial charge in [0.05, 0.1) is 9.75 Å². The van der Waals surface area contributed by atoms with E-state index in [1.165, 1.54) is 0 Å². The fourth-order valence-electron chi connectivity index (χ4n) is 2.47. The van der Waals surface area contributed by atoms with Crippen LogP contribution < -0.4 is 10.6 Å². The van der Waals surface area contributed by atoms with Gasteiger partial charge >= 0.3 is 0 Å². The highest BCUT2D eigenvalue weighted by Gasteiger charge is 2.26. The minimum atomic E-state index is -0.597. The smallest absolute Gasteiger partial charge is 0.262 e. The predicted octanol–water partition coefficient (Wildman–Crippen LogP) is 3.26. The number of thiophene rings is 1. The highest BCUT2D eigenvalue weighted by molar-refractivity contribution is 7.15. The molecule has 0 spiro atoms. The largest absolute Gasteiger partial charge is 0.352 e. The molecular formula is C18H28N2O3S. The molecule has 0 radical (unpaired) electrons. The van der Waals surface area contributed by atoms with Crippen molar-refractivity contribution >= 4 is 29.4 Å². The van der Waals surface area contributed by atoms with Crippen molar-refractivity contribution in [3.63, 3.8) is 0 Å². The highest BCUT2D eigenvalue weighted by atomic mass is 32.1. The molecule has 24 heavy (non-hydrogen) atoms. The summed E-state index contributed by atoms with van der Waals surface area (Å²) in [5.74, 6) is -0.0110. The molecule has 2 amide bonds. The second-order valence-electron chi connectivity index (χ2n) is 6.76. The lowest BCUT2D eigenvalue weighted by Gasteiger charge is -2.25. The molecule has 0 unspecified atom stereocenters. The van der Waals surface area contributed by atoms with Gasteiger partial charge < -0.3 is 10.6 Å². The zero-order valence-electron chi connectivity index (χ0n) is 15.1. The Labute approximate surface area is 148 Å². The van der Waals surface area contributed by atoms with Gasteiger partial charge in [0.15, 0.2) is 6.29 Å². The van der Waals surface area contributed by atoms with Gasteiger partial charge in [0.1, 0.15) is 6.04 Å². The third-order valence-electron chi connectivity index (χ3n) is 3.80. The second kappa shape index (κ2) is 9.57. The summed E-state index contributed by atoms with van der Waals surface area (Å²) >= 11 is 1.12. The summed E-state index contributed by atoms with van der Waals surface area (Å²) < 4.78 is 0. The maximum Gasteiger partial charge on any atom is 0.262 e. The van der Waals surface area contributed by atoms with Crippen molar-refractivity contribution in [3.8, 4) is 0 Å². The third-order valence-corrected chi connectivity index (χ3v) is 4.81. The summed E-state index contributed by atoms with van der Waals surface area (Å²) in [6.45, 7) is 10.1. The van der Waals surface area contributed by atoms with E-state index < -0.39 is 6.04 Å². The topological polar surface area (TPSA) is 75.3 Å². The van der Waals surface area contributed by atoms with Gasteiger partial charge in [0.2, 0.25) is 5.91 Å². The molecule has 0 saturated heterocycles. The number of carbonyl (C=O) groups excluding carboxylic acids is 3. The normalized spacial score (nSPS) is 13.6. The van der Waals surface area contributed by atoms with E-state index in [-0.39, 0.29) is 23.8 Å². The Morgan fingerprint density at radius 3 is 2.29 bits per heavy atom. The van der Waals surface area contributed by atoms with Crippen LogP contribution in [0.3, 0.4) is 0 Å². The van der Waals surface area contributed by atoms with Crippen LogP contribution in [-0.2, 0) is 4.79 Å². The van der Waals surface area contributed by atoms with E-state index in [1.54, 1.807) is 12.1 Å². The van der Waals surface area contributed by atoms with Gasteiger partial charge in [-0.05, 0) is 36.8 Å². The van der Waals surface area contributed by atoms with Crippen molar-refractivity contribution < 1.29 is 14.4 Å². The number of carbonyl (C=O) groups is 3. The lowest BCUT2D eigenvalue weighted by atomic mass is 9.99. The van der Waals surface area contributed by atoms with Crippen LogP contribution in [0.4, 0.5) is 0 Å². The predicted molar refractivity (Wildman–Crippen MR) is 97.5 cm³/mol. The molecule has 0 aliphatic rings. The van der Waals surface area contributed by atoms with Crippen molar-refractivity contribution in [2.75, 3.05) is 0 Å². The van der Waals surface area contributed by atoms with Crippen molar-refractivity contribution in [1.82, 2.24) is 10.6 Å². The molecule has 0 fully saturated rings. The number of hydrogen-bond donors (Lipinski definition) is 2. The summed E-state index contributed by atoms with van der Waals surface area (Å²) in [6, 6.07) is 2.72. The van der Waals surface area contributed by atoms with Crippen LogP contribution >= 0.6 is 11.3 Å². The maximum atomic E-state index is 12.6. The third kappa shape index (κ3) is 6.07. The summed E-state index contributed by atoms with van der Waals surface area (Å²) in [7, 11) is 0. The Bertz CT molecular complexity index is 566. The fourth-order valence-corrected chi connectivity index (χ4v) is 3.20. The summed E-state index contributed by atoms with van der Waals surface area (Å²) in [5.41, 5.74) is 0. The van der Waals surface area contributed by atoms with Crippen LogP contribution in [0.1, 0.15) is 66.8 Å². The Morgan fingerprint density at radius 2 is 1.83 bits per heavy atom. The monoisotopic (exact) mass is 352 g/mol. The zero-order chi connectivity index (χ0) is 18.3. The zero-order valence-corrected chi connectivity index (χ0v) is 15.9. The quantitative estimate of drug-likeness (QED) is 0.670. The summed E-state index contributed by atoms with van der Waals surface area (Å²) in [6.07, 6.45) is 2.48. The van der Waals surface area contributed by atoms with Crippen LogP contribution in [-0.4, -0.2) is 30.2 Å². The van der Waals surface area contributed by atoms with Gasteiger partial charge in [-0.25, -0.2) is 0 Å². The Kier molecular flexibility index (Phi) is 8.11. The van der Waals surface area contributed by atoms with Crippen molar-refractivity contribution in [3.05, 3.63) is 21.9 Å². The van der Waals surface area contributed by atoms with Gasteiger partial charge in [-0.2, -0.15) is 0 Å². The molecule has 2 atom stereocenters. The SMILES string of the molecule is CC[C@H](CC(C)C)NC(=O)[C@@H](NC(=O)c1ccc(C=O)s1)C(C)C. The Balaban J connectivity index is 2.76. The van der Waals surface area contributed by atoms with Crippen LogP contribution in [0.25, 0.3) is 0 Å². The van der Waals surface area contributed by atoms with Crippen LogP contribution in [0, 0.1) is 11.8 Å². The molecule has 0 aromatic carbocycles. The molecule has 134 valence electrons. The first-order chi connectivity index (χ1) is 11.3. The van der Waals surface area contributed by atoms with Crippen LogP contribution in [0.5, 0.6) is 0 Å². The van der Waals surface area contributed by atoms with E-state index in [0.29, 0.717) is 22.0 Å². The second-order valence-corrected chi connectivity index (χ2v) is 7.87. The fraction of sp³-hybridized carbons (Fsp3) is 0.611. The van der Waals surface area contributed by atoms with Gasteiger partial charge in [-0.3, -0.25) is 14.4 Å². The van der Waals surface area contributed by atoms with Crippen LogP contribution in [0.2, 0.25) is 0 Å². The van der Waals surface area contributed by atoms with Gasteiger partial charge in [0.25, 0.3) is 5.91 Å². The van der Waals surface area contributed by atoms with Crippen molar-refractivity contribution in [2.45, 2.75) is 59.5 Å². The van der Waals surface area contributed by atoms with E-state index in [9.17, 15) is 14.4 Å². The Morgan fingerprint density at radius 1 is 1.17 bits per heavy atom.